The number of fused-ring (bicyclic) bond motifs is 1. The summed E-state index contributed by atoms with van der Waals surface area (Å²) in [5.74, 6) is -1.32. The lowest BCUT2D eigenvalue weighted by Crippen LogP contribution is -2.34. The second kappa shape index (κ2) is 15.1. The Morgan fingerprint density at radius 2 is 2.04 bits per heavy atom. The molecule has 1 fully saturated rings. The van der Waals surface area contributed by atoms with Crippen LogP contribution in [0.3, 0.4) is 0 Å². The average Bonchev–Trinajstić information content (AvgIpc) is 3.65. The summed E-state index contributed by atoms with van der Waals surface area (Å²) in [6.45, 7) is 5.42. The van der Waals surface area contributed by atoms with Gasteiger partial charge in [0.1, 0.15) is 30.2 Å². The van der Waals surface area contributed by atoms with Gasteiger partial charge in [0.15, 0.2) is 11.6 Å². The molecule has 0 spiro atoms. The number of rotatable bonds is 15. The first-order valence-corrected chi connectivity index (χ1v) is 16.5. The number of nitrogens with zero attached hydrogens (tertiary/aromatic N) is 5. The number of carbonyl (C=O) groups excluding carboxylic acids is 1. The van der Waals surface area contributed by atoms with E-state index in [1.165, 1.54) is 29.3 Å². The maximum absolute atomic E-state index is 13.9. The molecule has 1 atom stereocenters. The molecule has 47 heavy (non-hydrogen) atoms. The van der Waals surface area contributed by atoms with Crippen LogP contribution in [0.1, 0.15) is 33.1 Å². The van der Waals surface area contributed by atoms with Crippen LogP contribution in [0.4, 0.5) is 26.0 Å². The Morgan fingerprint density at radius 1 is 1.21 bits per heavy atom. The number of phosphoric acid groups is 1. The summed E-state index contributed by atoms with van der Waals surface area (Å²) in [4.78, 5) is 41.5. The van der Waals surface area contributed by atoms with Gasteiger partial charge >= 0.3 is 7.82 Å². The van der Waals surface area contributed by atoms with Crippen molar-refractivity contribution in [1.82, 2.24) is 24.6 Å². The predicted molar refractivity (Wildman–Crippen MR) is 169 cm³/mol. The van der Waals surface area contributed by atoms with E-state index in [2.05, 4.69) is 30.6 Å². The van der Waals surface area contributed by atoms with E-state index in [4.69, 9.17) is 23.8 Å². The van der Waals surface area contributed by atoms with E-state index in [1.54, 1.807) is 18.3 Å². The molecular formula is C30H36F2N7O7P. The van der Waals surface area contributed by atoms with Crippen molar-refractivity contribution in [1.29, 1.82) is 0 Å². The van der Waals surface area contributed by atoms with Crippen LogP contribution < -0.4 is 20.1 Å². The Morgan fingerprint density at radius 3 is 2.83 bits per heavy atom. The molecule has 2 aromatic carbocycles. The number of ether oxygens (including phenoxy) is 2. The Kier molecular flexibility index (Phi) is 11.0. The number of carbonyl (C=O) groups is 1. The lowest BCUT2D eigenvalue weighted by molar-refractivity contribution is -0.116. The predicted octanol–water partition coefficient (Wildman–Crippen LogP) is 4.62. The number of hydrogen-bond acceptors (Lipinski definition) is 10. The fourth-order valence-corrected chi connectivity index (χ4v) is 5.63. The van der Waals surface area contributed by atoms with Gasteiger partial charge in [-0.05, 0) is 51.8 Å². The van der Waals surface area contributed by atoms with Crippen LogP contribution in [0.15, 0.2) is 49.1 Å². The average molecular weight is 676 g/mol. The first-order valence-electron chi connectivity index (χ1n) is 15.0. The van der Waals surface area contributed by atoms with Gasteiger partial charge < -0.3 is 29.9 Å². The molecule has 1 aliphatic rings. The smallest absolute Gasteiger partial charge is 0.469 e. The van der Waals surface area contributed by atoms with Crippen LogP contribution in [0.25, 0.3) is 10.9 Å². The second-order valence-electron chi connectivity index (χ2n) is 11.2. The summed E-state index contributed by atoms with van der Waals surface area (Å²) < 4.78 is 56.7. The molecule has 4 aromatic rings. The van der Waals surface area contributed by atoms with Gasteiger partial charge in [-0.15, -0.1) is 0 Å². The van der Waals surface area contributed by atoms with E-state index in [0.29, 0.717) is 53.5 Å². The van der Waals surface area contributed by atoms with Gasteiger partial charge in [0, 0.05) is 30.9 Å². The molecule has 1 aliphatic heterocycles. The van der Waals surface area contributed by atoms with Crippen molar-refractivity contribution in [3.8, 4) is 11.5 Å². The van der Waals surface area contributed by atoms with Gasteiger partial charge in [0.05, 0.1) is 47.8 Å². The minimum absolute atomic E-state index is 0.0182. The van der Waals surface area contributed by atoms with Crippen molar-refractivity contribution < 1.29 is 41.9 Å². The summed E-state index contributed by atoms with van der Waals surface area (Å²) in [6, 6.07) is 7.02. The number of anilines is 3. The maximum atomic E-state index is 13.9. The first-order chi connectivity index (χ1) is 22.4. The number of aromatic nitrogens is 4. The zero-order valence-electron chi connectivity index (χ0n) is 25.8. The molecule has 1 saturated heterocycles. The molecule has 17 heteroatoms. The number of benzene rings is 2. The molecule has 0 radical (unpaired) electrons. The van der Waals surface area contributed by atoms with Crippen LogP contribution in [-0.4, -0.2) is 78.8 Å². The lowest BCUT2D eigenvalue weighted by Gasteiger charge is -2.24. The molecule has 3 heterocycles. The molecule has 0 unspecified atom stereocenters. The fourth-order valence-electron chi connectivity index (χ4n) is 5.26. The highest BCUT2D eigenvalue weighted by atomic mass is 31.2. The minimum atomic E-state index is -4.51. The van der Waals surface area contributed by atoms with E-state index in [-0.39, 0.29) is 31.0 Å². The Bertz CT molecular complexity index is 1750. The summed E-state index contributed by atoms with van der Waals surface area (Å²) in [6.07, 6.45) is 6.71. The van der Waals surface area contributed by atoms with E-state index in [9.17, 15) is 18.1 Å². The third kappa shape index (κ3) is 9.42. The van der Waals surface area contributed by atoms with E-state index in [0.717, 1.165) is 25.5 Å². The van der Waals surface area contributed by atoms with Crippen LogP contribution in [0, 0.1) is 11.6 Å². The minimum Gasteiger partial charge on any atom is -0.493 e. The molecule has 0 bridgehead atoms. The van der Waals surface area contributed by atoms with Gasteiger partial charge in [0.2, 0.25) is 5.91 Å². The third-order valence-corrected chi connectivity index (χ3v) is 7.74. The Labute approximate surface area is 269 Å². The van der Waals surface area contributed by atoms with E-state index in [1.807, 2.05) is 13.8 Å². The highest BCUT2D eigenvalue weighted by molar-refractivity contribution is 7.46. The van der Waals surface area contributed by atoms with Crippen LogP contribution in [-0.2, 0) is 20.4 Å². The van der Waals surface area contributed by atoms with Crippen molar-refractivity contribution >= 4 is 41.8 Å². The maximum Gasteiger partial charge on any atom is 0.469 e. The second-order valence-corrected chi connectivity index (χ2v) is 12.5. The molecule has 14 nitrogen and oxygen atoms in total. The van der Waals surface area contributed by atoms with Crippen molar-refractivity contribution in [2.45, 2.75) is 51.8 Å². The molecule has 0 saturated carbocycles. The van der Waals surface area contributed by atoms with E-state index < -0.39 is 25.4 Å². The summed E-state index contributed by atoms with van der Waals surface area (Å²) in [7, 11) is -4.51. The SMILES string of the molecule is CC(C)Oc1cc(OCCCN2CCC[C@@H]2COP(=O)(O)O)cc2ncnc(Nc3cnn(CC(=O)Nc4cccc(F)c4F)c3)c12. The monoisotopic (exact) mass is 675 g/mol. The number of likely N-dealkylation sites (tertiary alicyclic amines) is 1. The van der Waals surface area contributed by atoms with Crippen molar-refractivity contribution in [2.75, 3.05) is 36.9 Å². The standard InChI is InChI=1S/C30H36F2N7O7P/c1-19(2)46-26-13-22(44-11-5-10-38-9-4-6-21(38)17-45-47(41,42)43)12-25-28(26)30(34-18-33-25)36-20-14-35-39(15-20)16-27(40)37-24-8-3-7-23(31)29(24)32/h3,7-8,12-15,18-19,21H,4-6,9-11,16-17H2,1-2H3,(H,37,40)(H,33,34,36)(H2,41,42,43)/t21-/m1/s1. The van der Waals surface area contributed by atoms with Crippen molar-refractivity contribution in [2.24, 2.45) is 0 Å². The first kappa shape index (κ1) is 34.1. The topological polar surface area (TPSA) is 173 Å². The molecule has 252 valence electrons. The largest absolute Gasteiger partial charge is 0.493 e. The third-order valence-electron chi connectivity index (χ3n) is 7.26. The highest BCUT2D eigenvalue weighted by Crippen LogP contribution is 2.38. The van der Waals surface area contributed by atoms with Crippen LogP contribution >= 0.6 is 7.82 Å². The Balaban J connectivity index is 1.23. The lowest BCUT2D eigenvalue weighted by atomic mass is 10.2. The van der Waals surface area contributed by atoms with Gasteiger partial charge in [-0.25, -0.2) is 23.3 Å². The fraction of sp³-hybridized carbons (Fsp3) is 0.400. The van der Waals surface area contributed by atoms with Crippen LogP contribution in [0.2, 0.25) is 0 Å². The number of nitrogens with one attached hydrogen (secondary N) is 2. The van der Waals surface area contributed by atoms with Crippen LogP contribution in [0.5, 0.6) is 11.5 Å². The summed E-state index contributed by atoms with van der Waals surface area (Å²) in [5, 5.41) is 10.3. The van der Waals surface area contributed by atoms with Gasteiger partial charge in [-0.2, -0.15) is 5.10 Å². The Hall–Kier alpha value is -4.21. The van der Waals surface area contributed by atoms with Gasteiger partial charge in [-0.1, -0.05) is 6.07 Å². The molecular weight excluding hydrogens is 639 g/mol. The van der Waals surface area contributed by atoms with E-state index >= 15 is 0 Å². The molecule has 5 rings (SSSR count). The normalized spacial score (nSPS) is 15.3. The number of halogens is 2. The quantitative estimate of drug-likeness (QED) is 0.102. The molecule has 4 N–H and O–H groups in total. The number of hydrogen-bond donors (Lipinski definition) is 4. The van der Waals surface area contributed by atoms with Crippen molar-refractivity contribution in [3.05, 3.63) is 60.7 Å². The van der Waals surface area contributed by atoms with Gasteiger partial charge in [-0.3, -0.25) is 18.9 Å². The zero-order valence-corrected chi connectivity index (χ0v) is 26.7. The molecule has 2 aromatic heterocycles. The molecule has 1 amide bonds. The van der Waals surface area contributed by atoms with Crippen molar-refractivity contribution in [3.63, 3.8) is 0 Å². The highest BCUT2D eigenvalue weighted by Gasteiger charge is 2.27. The number of amides is 1. The summed E-state index contributed by atoms with van der Waals surface area (Å²) in [5.41, 5.74) is 0.811. The molecule has 0 aliphatic carbocycles. The zero-order chi connectivity index (χ0) is 33.6. The van der Waals surface area contributed by atoms with Gasteiger partial charge in [0.25, 0.3) is 0 Å². The summed E-state index contributed by atoms with van der Waals surface area (Å²) >= 11 is 0. The number of phosphoric ester groups is 1.